The molecule has 0 saturated carbocycles. The van der Waals surface area contributed by atoms with Crippen LogP contribution in [0.25, 0.3) is 0 Å². The molecule has 1 aromatic rings. The van der Waals surface area contributed by atoms with E-state index in [1.165, 1.54) is 18.2 Å². The van der Waals surface area contributed by atoms with E-state index in [0.717, 1.165) is 19.3 Å². The fourth-order valence-corrected chi connectivity index (χ4v) is 2.31. The van der Waals surface area contributed by atoms with Crippen molar-refractivity contribution in [2.24, 2.45) is 0 Å². The highest BCUT2D eigenvalue weighted by atomic mass is 79.9. The second-order valence-corrected chi connectivity index (χ2v) is 6.04. The molecule has 0 atom stereocenters. The first kappa shape index (κ1) is 19.6. The molecule has 1 aromatic carbocycles. The Labute approximate surface area is 144 Å². The maximum Gasteiger partial charge on any atom is 0.311 e. The highest BCUT2D eigenvalue weighted by Crippen LogP contribution is 2.25. The van der Waals surface area contributed by atoms with E-state index in [-0.39, 0.29) is 18.1 Å². The standard InChI is InChI=1S/C17H22BrFO4/c1-2-3-6-11-22-16(20)7-4-5-8-17(21)23-15-10-9-13(19)12-14(15)18/h9-10,12H,2-8,11H2,1H3. The Bertz CT molecular complexity index is 519. The first-order valence-electron chi connectivity index (χ1n) is 7.84. The van der Waals surface area contributed by atoms with Crippen LogP contribution >= 0.6 is 15.9 Å². The van der Waals surface area contributed by atoms with E-state index in [1.807, 2.05) is 0 Å². The molecule has 0 aliphatic carbocycles. The van der Waals surface area contributed by atoms with E-state index in [9.17, 15) is 14.0 Å². The Hall–Kier alpha value is -1.43. The molecule has 0 radical (unpaired) electrons. The molecule has 0 saturated heterocycles. The van der Waals surface area contributed by atoms with Gasteiger partial charge in [0.05, 0.1) is 11.1 Å². The molecule has 0 fully saturated rings. The van der Waals surface area contributed by atoms with Gasteiger partial charge in [0.15, 0.2) is 0 Å². The van der Waals surface area contributed by atoms with Crippen molar-refractivity contribution in [2.75, 3.05) is 6.61 Å². The molecule has 128 valence electrons. The predicted octanol–water partition coefficient (Wildman–Crippen LogP) is 4.79. The average molecular weight is 389 g/mol. The zero-order chi connectivity index (χ0) is 17.1. The van der Waals surface area contributed by atoms with Crippen LogP contribution in [0, 0.1) is 5.82 Å². The van der Waals surface area contributed by atoms with Crippen LogP contribution in [0.2, 0.25) is 0 Å². The fraction of sp³-hybridized carbons (Fsp3) is 0.529. The Morgan fingerprint density at radius 3 is 2.43 bits per heavy atom. The molecule has 0 N–H and O–H groups in total. The molecule has 0 aliphatic rings. The van der Waals surface area contributed by atoms with Gasteiger partial charge in [0.2, 0.25) is 0 Å². The second-order valence-electron chi connectivity index (χ2n) is 5.18. The molecule has 0 heterocycles. The van der Waals surface area contributed by atoms with Gasteiger partial charge in [-0.15, -0.1) is 0 Å². The molecular formula is C17H22BrFO4. The number of rotatable bonds is 10. The van der Waals surface area contributed by atoms with Crippen LogP contribution in [-0.2, 0) is 14.3 Å². The molecule has 0 aromatic heterocycles. The van der Waals surface area contributed by atoms with Gasteiger partial charge in [0, 0.05) is 12.8 Å². The Kier molecular flexibility index (Phi) is 9.52. The molecular weight excluding hydrogens is 367 g/mol. The van der Waals surface area contributed by atoms with Crippen LogP contribution < -0.4 is 4.74 Å². The van der Waals surface area contributed by atoms with Gasteiger partial charge in [-0.3, -0.25) is 9.59 Å². The summed E-state index contributed by atoms with van der Waals surface area (Å²) >= 11 is 3.13. The second kappa shape index (κ2) is 11.2. The minimum Gasteiger partial charge on any atom is -0.466 e. The van der Waals surface area contributed by atoms with Crippen molar-refractivity contribution >= 4 is 27.9 Å². The molecule has 6 heteroatoms. The third-order valence-corrected chi connectivity index (χ3v) is 3.76. The third kappa shape index (κ3) is 8.69. The van der Waals surface area contributed by atoms with E-state index in [1.54, 1.807) is 0 Å². The zero-order valence-electron chi connectivity index (χ0n) is 13.3. The van der Waals surface area contributed by atoms with E-state index in [0.29, 0.717) is 30.3 Å². The minimum atomic E-state index is -0.409. The Morgan fingerprint density at radius 2 is 1.78 bits per heavy atom. The summed E-state index contributed by atoms with van der Waals surface area (Å²) in [6.45, 7) is 2.55. The zero-order valence-corrected chi connectivity index (χ0v) is 14.9. The smallest absolute Gasteiger partial charge is 0.311 e. The Balaban J connectivity index is 2.15. The quantitative estimate of drug-likeness (QED) is 0.328. The number of ether oxygens (including phenoxy) is 2. The normalized spacial score (nSPS) is 10.4. The minimum absolute atomic E-state index is 0.201. The van der Waals surface area contributed by atoms with Crippen LogP contribution in [0.15, 0.2) is 22.7 Å². The van der Waals surface area contributed by atoms with Gasteiger partial charge in [-0.05, 0) is 53.4 Å². The first-order valence-corrected chi connectivity index (χ1v) is 8.63. The summed E-state index contributed by atoms with van der Waals surface area (Å²) in [6, 6.07) is 3.85. The topological polar surface area (TPSA) is 52.6 Å². The van der Waals surface area contributed by atoms with Crippen LogP contribution in [-0.4, -0.2) is 18.5 Å². The van der Waals surface area contributed by atoms with E-state index in [4.69, 9.17) is 9.47 Å². The van der Waals surface area contributed by atoms with Crippen molar-refractivity contribution in [3.8, 4) is 5.75 Å². The predicted molar refractivity (Wildman–Crippen MR) is 88.7 cm³/mol. The first-order chi connectivity index (χ1) is 11.0. The van der Waals surface area contributed by atoms with Gasteiger partial charge in [-0.25, -0.2) is 4.39 Å². The van der Waals surface area contributed by atoms with Gasteiger partial charge >= 0.3 is 11.9 Å². The lowest BCUT2D eigenvalue weighted by Crippen LogP contribution is -2.09. The molecule has 0 unspecified atom stereocenters. The van der Waals surface area contributed by atoms with Gasteiger partial charge in [0.1, 0.15) is 11.6 Å². The van der Waals surface area contributed by atoms with Crippen molar-refractivity contribution < 1.29 is 23.5 Å². The molecule has 0 bridgehead atoms. The van der Waals surface area contributed by atoms with Crippen LogP contribution in [0.1, 0.15) is 51.9 Å². The van der Waals surface area contributed by atoms with Gasteiger partial charge < -0.3 is 9.47 Å². The largest absolute Gasteiger partial charge is 0.466 e. The molecule has 0 amide bonds. The van der Waals surface area contributed by atoms with Crippen molar-refractivity contribution in [2.45, 2.75) is 51.9 Å². The van der Waals surface area contributed by atoms with Crippen molar-refractivity contribution in [1.82, 2.24) is 0 Å². The number of carbonyl (C=O) groups excluding carboxylic acids is 2. The number of unbranched alkanes of at least 4 members (excludes halogenated alkanes) is 3. The third-order valence-electron chi connectivity index (χ3n) is 3.14. The summed E-state index contributed by atoms with van der Waals surface area (Å²) in [4.78, 5) is 23.1. The summed E-state index contributed by atoms with van der Waals surface area (Å²) in [5.41, 5.74) is 0. The van der Waals surface area contributed by atoms with Crippen molar-refractivity contribution in [3.05, 3.63) is 28.5 Å². The van der Waals surface area contributed by atoms with E-state index < -0.39 is 11.8 Å². The summed E-state index contributed by atoms with van der Waals surface area (Å²) in [5.74, 6) is -0.759. The monoisotopic (exact) mass is 388 g/mol. The number of halogens is 2. The van der Waals surface area contributed by atoms with Gasteiger partial charge in [-0.2, -0.15) is 0 Å². The molecule has 23 heavy (non-hydrogen) atoms. The number of hydrogen-bond acceptors (Lipinski definition) is 4. The lowest BCUT2D eigenvalue weighted by molar-refractivity contribution is -0.144. The maximum absolute atomic E-state index is 12.9. The lowest BCUT2D eigenvalue weighted by Gasteiger charge is -2.06. The average Bonchev–Trinajstić information content (AvgIpc) is 2.51. The highest BCUT2D eigenvalue weighted by Gasteiger charge is 2.10. The lowest BCUT2D eigenvalue weighted by atomic mass is 10.2. The number of hydrogen-bond donors (Lipinski definition) is 0. The Morgan fingerprint density at radius 1 is 1.09 bits per heavy atom. The van der Waals surface area contributed by atoms with Gasteiger partial charge in [-0.1, -0.05) is 19.8 Å². The molecule has 4 nitrogen and oxygen atoms in total. The summed E-state index contributed by atoms with van der Waals surface area (Å²) in [6.07, 6.45) is 4.66. The fourth-order valence-electron chi connectivity index (χ4n) is 1.88. The number of carbonyl (C=O) groups is 2. The maximum atomic E-state index is 12.9. The van der Waals surface area contributed by atoms with Crippen molar-refractivity contribution in [1.29, 1.82) is 0 Å². The molecule has 0 spiro atoms. The van der Waals surface area contributed by atoms with Crippen molar-refractivity contribution in [3.63, 3.8) is 0 Å². The van der Waals surface area contributed by atoms with E-state index in [2.05, 4.69) is 22.9 Å². The SMILES string of the molecule is CCCCCOC(=O)CCCCC(=O)Oc1ccc(F)cc1Br. The van der Waals surface area contributed by atoms with E-state index >= 15 is 0 Å². The number of esters is 2. The van der Waals surface area contributed by atoms with Crippen LogP contribution in [0.3, 0.4) is 0 Å². The van der Waals surface area contributed by atoms with Gasteiger partial charge in [0.25, 0.3) is 0 Å². The summed E-state index contributed by atoms with van der Waals surface area (Å²) < 4.78 is 23.5. The summed E-state index contributed by atoms with van der Waals surface area (Å²) in [5, 5.41) is 0. The summed E-state index contributed by atoms with van der Waals surface area (Å²) in [7, 11) is 0. The van der Waals surface area contributed by atoms with Crippen LogP contribution in [0.5, 0.6) is 5.75 Å². The number of benzene rings is 1. The molecule has 1 rings (SSSR count). The van der Waals surface area contributed by atoms with Crippen LogP contribution in [0.4, 0.5) is 4.39 Å². The molecule has 0 aliphatic heterocycles. The highest BCUT2D eigenvalue weighted by molar-refractivity contribution is 9.10.